The highest BCUT2D eigenvalue weighted by Gasteiger charge is 2.32. The Morgan fingerprint density at radius 2 is 1.50 bits per heavy atom. The van der Waals surface area contributed by atoms with Gasteiger partial charge in [-0.25, -0.2) is 9.78 Å². The zero-order valence-electron chi connectivity index (χ0n) is 23.2. The third-order valence-electron chi connectivity index (χ3n) is 7.58. The van der Waals surface area contributed by atoms with E-state index in [0.717, 1.165) is 44.7 Å². The molecule has 1 atom stereocenters. The number of fused-ring (bicyclic) bond motifs is 5. The lowest BCUT2D eigenvalue weighted by Crippen LogP contribution is -2.28. The van der Waals surface area contributed by atoms with Crippen molar-refractivity contribution in [2.45, 2.75) is 6.04 Å². The molecule has 4 heterocycles. The number of aromatic amines is 1. The van der Waals surface area contributed by atoms with Crippen molar-refractivity contribution in [2.24, 2.45) is 0 Å². The van der Waals surface area contributed by atoms with Crippen LogP contribution in [0.5, 0.6) is 0 Å². The van der Waals surface area contributed by atoms with Crippen LogP contribution in [0.4, 0.5) is 0 Å². The number of rotatable bonds is 4. The minimum atomic E-state index is -0.918. The third kappa shape index (κ3) is 4.82. The average Bonchev–Trinajstić information content (AvgIpc) is 3.65. The number of carboxylic acids is 1. The maximum Gasteiger partial charge on any atom is 0.336 e. The van der Waals surface area contributed by atoms with Crippen LogP contribution in [0.3, 0.4) is 0 Å². The summed E-state index contributed by atoms with van der Waals surface area (Å²) < 4.78 is 0. The Hall–Kier alpha value is -6.22. The number of hydrogen-bond acceptors (Lipinski definition) is 6. The molecule has 7 aromatic rings. The van der Waals surface area contributed by atoms with E-state index in [0.29, 0.717) is 22.0 Å². The van der Waals surface area contributed by atoms with Crippen molar-refractivity contribution in [1.29, 1.82) is 0 Å². The molecule has 4 aromatic heterocycles. The van der Waals surface area contributed by atoms with Gasteiger partial charge in [-0.1, -0.05) is 54.6 Å². The number of amides is 1. The van der Waals surface area contributed by atoms with Crippen molar-refractivity contribution in [3.63, 3.8) is 0 Å². The molecule has 3 aromatic carbocycles. The first-order valence-corrected chi connectivity index (χ1v) is 13.9. The van der Waals surface area contributed by atoms with Gasteiger partial charge in [-0.2, -0.15) is 0 Å². The number of aromatic carboxylic acids is 1. The minimum Gasteiger partial charge on any atom is -0.478 e. The number of nitrogens with one attached hydrogen (secondary N) is 2. The lowest BCUT2D eigenvalue weighted by molar-refractivity contribution is 0.0698. The van der Waals surface area contributed by atoms with Gasteiger partial charge in [0.25, 0.3) is 5.91 Å². The van der Waals surface area contributed by atoms with Crippen LogP contribution in [-0.2, 0) is 0 Å². The summed E-state index contributed by atoms with van der Waals surface area (Å²) in [5, 5.41) is 12.7. The van der Waals surface area contributed by atoms with Gasteiger partial charge in [0.05, 0.1) is 34.4 Å². The average molecular weight is 577 g/mol. The van der Waals surface area contributed by atoms with Gasteiger partial charge in [-0.15, -0.1) is 0 Å². The molecular weight excluding hydrogens is 552 g/mol. The SMILES string of the molecule is O=C(NC1c2ccccc2-c2c(-c3nc4ccncc4[nH]3)cccc21)c1ccncc1.O=C(O)c1cccc2ncccc12. The van der Waals surface area contributed by atoms with Gasteiger partial charge in [0, 0.05) is 41.3 Å². The predicted octanol–water partition coefficient (Wildman–Crippen LogP) is 6.45. The minimum absolute atomic E-state index is 0.129. The van der Waals surface area contributed by atoms with E-state index < -0.39 is 5.97 Å². The van der Waals surface area contributed by atoms with Crippen LogP contribution < -0.4 is 5.32 Å². The highest BCUT2D eigenvalue weighted by molar-refractivity contribution is 6.02. The van der Waals surface area contributed by atoms with Crippen molar-refractivity contribution >= 4 is 33.8 Å². The molecule has 1 amide bonds. The smallest absolute Gasteiger partial charge is 0.336 e. The van der Waals surface area contributed by atoms with Gasteiger partial charge < -0.3 is 15.4 Å². The van der Waals surface area contributed by atoms with Crippen LogP contribution in [0.1, 0.15) is 37.9 Å². The Morgan fingerprint density at radius 3 is 2.34 bits per heavy atom. The molecule has 0 aliphatic heterocycles. The first-order chi connectivity index (χ1) is 21.6. The largest absolute Gasteiger partial charge is 0.478 e. The van der Waals surface area contributed by atoms with Crippen molar-refractivity contribution in [2.75, 3.05) is 0 Å². The van der Waals surface area contributed by atoms with E-state index in [1.807, 2.05) is 24.3 Å². The van der Waals surface area contributed by atoms with Gasteiger partial charge in [0.15, 0.2) is 0 Å². The molecule has 0 saturated heterocycles. The van der Waals surface area contributed by atoms with Gasteiger partial charge in [-0.05, 0) is 58.7 Å². The van der Waals surface area contributed by atoms with E-state index in [4.69, 9.17) is 10.1 Å². The van der Waals surface area contributed by atoms with E-state index >= 15 is 0 Å². The molecular formula is C35H24N6O3. The first-order valence-electron chi connectivity index (χ1n) is 13.9. The van der Waals surface area contributed by atoms with Crippen molar-refractivity contribution in [1.82, 2.24) is 30.2 Å². The fourth-order valence-corrected chi connectivity index (χ4v) is 5.60. The summed E-state index contributed by atoms with van der Waals surface area (Å²) in [5.74, 6) is -0.260. The topological polar surface area (TPSA) is 134 Å². The number of carbonyl (C=O) groups excluding carboxylic acids is 1. The Labute approximate surface area is 251 Å². The molecule has 0 bridgehead atoms. The molecule has 1 unspecified atom stereocenters. The Morgan fingerprint density at radius 1 is 0.727 bits per heavy atom. The van der Waals surface area contributed by atoms with Crippen molar-refractivity contribution < 1.29 is 14.7 Å². The molecule has 0 saturated carbocycles. The Kier molecular flexibility index (Phi) is 6.80. The standard InChI is InChI=1S/C25H17N5O.C10H7NO2/c31-25(15-8-11-26-12-9-15)30-23-17-5-2-1-4-16(17)22-18(23)6-3-7-19(22)24-28-20-10-13-27-14-21(20)29-24;12-10(13)8-3-1-5-9-7(8)4-2-6-11-9/h1-14,23H,(H,28,29)(H,30,31);1-6H,(H,12,13). The Balaban J connectivity index is 0.000000201. The number of imidazole rings is 1. The number of benzene rings is 3. The quantitative estimate of drug-likeness (QED) is 0.219. The summed E-state index contributed by atoms with van der Waals surface area (Å²) in [6.45, 7) is 0. The van der Waals surface area contributed by atoms with E-state index in [2.05, 4.69) is 49.5 Å². The van der Waals surface area contributed by atoms with E-state index in [1.165, 1.54) is 0 Å². The molecule has 3 N–H and O–H groups in total. The third-order valence-corrected chi connectivity index (χ3v) is 7.58. The molecule has 44 heavy (non-hydrogen) atoms. The second-order valence-electron chi connectivity index (χ2n) is 10.2. The zero-order valence-corrected chi connectivity index (χ0v) is 23.2. The summed E-state index contributed by atoms with van der Waals surface area (Å²) >= 11 is 0. The van der Waals surface area contributed by atoms with Crippen LogP contribution in [0.15, 0.2) is 122 Å². The summed E-state index contributed by atoms with van der Waals surface area (Å²) in [6.07, 6.45) is 8.41. The fraction of sp³-hybridized carbons (Fsp3) is 0.0286. The van der Waals surface area contributed by atoms with Gasteiger partial charge >= 0.3 is 5.97 Å². The monoisotopic (exact) mass is 576 g/mol. The fourth-order valence-electron chi connectivity index (χ4n) is 5.60. The molecule has 9 nitrogen and oxygen atoms in total. The zero-order chi connectivity index (χ0) is 30.0. The highest BCUT2D eigenvalue weighted by atomic mass is 16.4. The van der Waals surface area contributed by atoms with Gasteiger partial charge in [-0.3, -0.25) is 19.7 Å². The molecule has 0 fully saturated rings. The second kappa shape index (κ2) is 11.2. The Bertz CT molecular complexity index is 2140. The maximum atomic E-state index is 12.9. The number of H-pyrrole nitrogens is 1. The number of pyridine rings is 3. The lowest BCUT2D eigenvalue weighted by Gasteiger charge is -2.16. The number of carboxylic acid groups (broad SMARTS) is 1. The maximum absolute atomic E-state index is 12.9. The number of hydrogen-bond donors (Lipinski definition) is 3. The van der Waals surface area contributed by atoms with Crippen LogP contribution in [-0.4, -0.2) is 41.9 Å². The summed E-state index contributed by atoms with van der Waals surface area (Å²) in [5.41, 5.74) is 8.68. The number of nitrogens with zero attached hydrogens (tertiary/aromatic N) is 4. The normalized spacial score (nSPS) is 13.0. The van der Waals surface area contributed by atoms with E-state index in [9.17, 15) is 9.59 Å². The van der Waals surface area contributed by atoms with Crippen molar-refractivity contribution in [3.05, 3.63) is 144 Å². The van der Waals surface area contributed by atoms with Crippen molar-refractivity contribution in [3.8, 4) is 22.5 Å². The summed E-state index contributed by atoms with van der Waals surface area (Å²) in [6, 6.07) is 28.0. The van der Waals surface area contributed by atoms with Gasteiger partial charge in [0.2, 0.25) is 0 Å². The summed E-state index contributed by atoms with van der Waals surface area (Å²) in [7, 11) is 0. The molecule has 8 rings (SSSR count). The lowest BCUT2D eigenvalue weighted by atomic mass is 9.98. The predicted molar refractivity (Wildman–Crippen MR) is 167 cm³/mol. The molecule has 1 aliphatic rings. The number of carbonyl (C=O) groups is 2. The molecule has 9 heteroatoms. The van der Waals surface area contributed by atoms with Crippen LogP contribution in [0.2, 0.25) is 0 Å². The van der Waals surface area contributed by atoms with Crippen LogP contribution in [0.25, 0.3) is 44.5 Å². The van der Waals surface area contributed by atoms with Crippen LogP contribution in [0, 0.1) is 0 Å². The molecule has 1 aliphatic carbocycles. The summed E-state index contributed by atoms with van der Waals surface area (Å²) in [4.78, 5) is 44.1. The van der Waals surface area contributed by atoms with E-state index in [-0.39, 0.29) is 11.9 Å². The molecule has 212 valence electrons. The van der Waals surface area contributed by atoms with E-state index in [1.54, 1.807) is 73.4 Å². The van der Waals surface area contributed by atoms with Gasteiger partial charge in [0.1, 0.15) is 5.82 Å². The highest BCUT2D eigenvalue weighted by Crippen LogP contribution is 2.47. The first kappa shape index (κ1) is 26.7. The van der Waals surface area contributed by atoms with Crippen LogP contribution >= 0.6 is 0 Å². The molecule has 0 spiro atoms. The molecule has 0 radical (unpaired) electrons. The second-order valence-corrected chi connectivity index (χ2v) is 10.2. The number of aromatic nitrogens is 5.